The van der Waals surface area contributed by atoms with Gasteiger partial charge in [0.1, 0.15) is 0 Å². The number of rotatable bonds is 3. The van der Waals surface area contributed by atoms with Gasteiger partial charge in [0.05, 0.1) is 24.7 Å². The number of fused-ring (bicyclic) bond motifs is 4. The monoisotopic (exact) mass is 538 g/mol. The number of hydrogen-bond donors (Lipinski definition) is 0. The molecule has 0 fully saturated rings. The molecule has 0 bridgehead atoms. The predicted octanol–water partition coefficient (Wildman–Crippen LogP) is 11.6. The Balaban J connectivity index is 1.63. The zero-order valence-electron chi connectivity index (χ0n) is 39.5. The molecule has 0 radical (unpaired) electrons. The molecule has 0 aliphatic heterocycles. The van der Waals surface area contributed by atoms with Gasteiger partial charge in [0.25, 0.3) is 0 Å². The second-order valence-electron chi connectivity index (χ2n) is 9.53. The zero-order valence-corrected chi connectivity index (χ0v) is 21.5. The van der Waals surface area contributed by atoms with Crippen molar-refractivity contribution in [3.05, 3.63) is 157 Å². The van der Waals surface area contributed by atoms with E-state index in [1.807, 2.05) is 12.1 Å². The Morgan fingerprint density at radius 3 is 1.93 bits per heavy atom. The lowest BCUT2D eigenvalue weighted by molar-refractivity contribution is 1.51. The summed E-state index contributed by atoms with van der Waals surface area (Å²) >= 11 is 0. The van der Waals surface area contributed by atoms with E-state index >= 15 is 0 Å². The summed E-state index contributed by atoms with van der Waals surface area (Å²) in [6.07, 6.45) is 0. The van der Waals surface area contributed by atoms with Gasteiger partial charge in [0.15, 0.2) is 0 Å². The Hall–Kier alpha value is -5.20. The quantitative estimate of drug-likeness (QED) is 0.196. The minimum atomic E-state index is -0.852. The average Bonchev–Trinajstić information content (AvgIpc) is 3.22. The van der Waals surface area contributed by atoms with Crippen LogP contribution in [0.5, 0.6) is 0 Å². The number of benzene rings is 8. The molecule has 0 aliphatic rings. The summed E-state index contributed by atoms with van der Waals surface area (Å²) in [6, 6.07) is 0.327. The molecule has 192 valence electrons. The molecule has 0 N–H and O–H groups in total. The van der Waals surface area contributed by atoms with Crippen LogP contribution in [0.1, 0.15) is 30.2 Å². The van der Waals surface area contributed by atoms with Crippen molar-refractivity contribution in [1.82, 2.24) is 0 Å². The third-order valence-corrected chi connectivity index (χ3v) is 7.06. The second-order valence-corrected chi connectivity index (χ2v) is 9.53. The van der Waals surface area contributed by atoms with E-state index in [0.717, 1.165) is 5.39 Å². The smallest absolute Gasteiger partial charge is 0.0616 e. The lowest BCUT2D eigenvalue weighted by atomic mass is 9.84. The van der Waals surface area contributed by atoms with Crippen molar-refractivity contribution < 1.29 is 24.7 Å². The highest BCUT2D eigenvalue weighted by Crippen LogP contribution is 2.45. The van der Waals surface area contributed by atoms with Crippen LogP contribution in [0, 0.1) is 6.92 Å². The van der Waals surface area contributed by atoms with E-state index in [2.05, 4.69) is 0 Å². The SMILES string of the molecule is [2H]c1c([2H])c(-c2c3c([2H])c([2H])c([2H])c([2H])c3c(-c3cccc4ccccc34)c3c([2H])c([2H])c(C)c([2H])c23)c([2H])c([2H])c1-c1c([2H])c([2H])c2c([2H])c([2H])c([2H])c([2H])c2c1[2H]. The summed E-state index contributed by atoms with van der Waals surface area (Å²) in [5.74, 6) is 0. The molecule has 8 aromatic rings. The minimum absolute atomic E-state index is 0.000997. The van der Waals surface area contributed by atoms with Gasteiger partial charge in [-0.05, 0) is 89.4 Å². The largest absolute Gasteiger partial charge is 0.0636 e. The van der Waals surface area contributed by atoms with Crippen molar-refractivity contribution in [3.8, 4) is 33.4 Å². The molecule has 8 aromatic carbocycles. The summed E-state index contributed by atoms with van der Waals surface area (Å²) < 4.78 is 161. The Morgan fingerprint density at radius 1 is 0.415 bits per heavy atom. The maximum absolute atomic E-state index is 9.45. The van der Waals surface area contributed by atoms with E-state index < -0.39 is 124 Å². The maximum atomic E-state index is 9.45. The Morgan fingerprint density at radius 2 is 1.07 bits per heavy atom. The van der Waals surface area contributed by atoms with Crippen LogP contribution in [-0.4, -0.2) is 0 Å². The van der Waals surface area contributed by atoms with Crippen molar-refractivity contribution >= 4 is 43.1 Å². The fourth-order valence-corrected chi connectivity index (χ4v) is 5.24. The van der Waals surface area contributed by atoms with Crippen LogP contribution >= 0.6 is 0 Å². The van der Waals surface area contributed by atoms with E-state index in [0.29, 0.717) is 10.9 Å². The van der Waals surface area contributed by atoms with Crippen LogP contribution in [0.25, 0.3) is 76.5 Å². The first-order valence-corrected chi connectivity index (χ1v) is 12.8. The predicted molar refractivity (Wildman–Crippen MR) is 178 cm³/mol. The molecule has 0 aromatic heterocycles. The van der Waals surface area contributed by atoms with Crippen LogP contribution in [0.15, 0.2) is 151 Å². The first kappa shape index (κ1) is 11.7. The third-order valence-electron chi connectivity index (χ3n) is 7.06. The molecule has 41 heavy (non-hydrogen) atoms. The summed E-state index contributed by atoms with van der Waals surface area (Å²) in [5.41, 5.74) is -1.60. The fraction of sp³-hybridized carbons (Fsp3) is 0.0244. The van der Waals surface area contributed by atoms with Crippen LogP contribution < -0.4 is 0 Å². The summed E-state index contributed by atoms with van der Waals surface area (Å²) in [5, 5.41) is -0.235. The Labute approximate surface area is 265 Å². The second kappa shape index (κ2) is 9.47. The van der Waals surface area contributed by atoms with Crippen molar-refractivity contribution in [2.45, 2.75) is 6.92 Å². The molecule has 0 saturated heterocycles. The Kier molecular flexibility index (Phi) is 2.71. The van der Waals surface area contributed by atoms with Crippen LogP contribution in [0.3, 0.4) is 0 Å². The molecular formula is C41H28. The molecular weight excluding hydrogens is 492 g/mol. The molecule has 0 aliphatic carbocycles. The van der Waals surface area contributed by atoms with Gasteiger partial charge in [-0.2, -0.15) is 0 Å². The molecule has 0 heterocycles. The molecule has 0 saturated carbocycles. The summed E-state index contributed by atoms with van der Waals surface area (Å²) in [6.45, 7) is 1.42. The van der Waals surface area contributed by atoms with Gasteiger partial charge >= 0.3 is 0 Å². The van der Waals surface area contributed by atoms with E-state index in [4.69, 9.17) is 13.7 Å². The average molecular weight is 539 g/mol. The highest BCUT2D eigenvalue weighted by atomic mass is 14.2. The number of hydrogen-bond acceptors (Lipinski definition) is 0. The lowest BCUT2D eigenvalue weighted by Gasteiger charge is -2.19. The molecule has 8 rings (SSSR count). The van der Waals surface area contributed by atoms with Crippen LogP contribution in [0.4, 0.5) is 0 Å². The van der Waals surface area contributed by atoms with Crippen molar-refractivity contribution in [2.24, 2.45) is 0 Å². The van der Waals surface area contributed by atoms with E-state index in [1.165, 1.54) is 6.92 Å². The minimum Gasteiger partial charge on any atom is -0.0616 e. The van der Waals surface area contributed by atoms with Gasteiger partial charge in [0.2, 0.25) is 0 Å². The van der Waals surface area contributed by atoms with E-state index in [1.54, 1.807) is 30.3 Å². The standard InChI is InChI=1S/C41H28/c1-27-17-24-38-39(25-27)40(31-21-18-29(19-22-31)33-23-20-28-9-2-3-11-32(28)26-33)36-14-6-7-15-37(36)41(38)35-16-8-12-30-10-4-5-13-34(30)35/h2-26H,1H3/i2D,3D,6D,7D,9D,11D,14D,15D,17D,18D,19D,20D,21D,22D,23D,24D,25D,26D. The highest BCUT2D eigenvalue weighted by Gasteiger charge is 2.18. The molecule has 0 atom stereocenters. The lowest BCUT2D eigenvalue weighted by Crippen LogP contribution is -1.92. The van der Waals surface area contributed by atoms with E-state index in [9.17, 15) is 11.0 Å². The fourth-order valence-electron chi connectivity index (χ4n) is 5.24. The van der Waals surface area contributed by atoms with Gasteiger partial charge < -0.3 is 0 Å². The van der Waals surface area contributed by atoms with Gasteiger partial charge in [0, 0.05) is 0 Å². The van der Waals surface area contributed by atoms with Crippen molar-refractivity contribution in [1.29, 1.82) is 0 Å². The van der Waals surface area contributed by atoms with E-state index in [-0.39, 0.29) is 50.3 Å². The van der Waals surface area contributed by atoms with Crippen molar-refractivity contribution in [2.75, 3.05) is 0 Å². The zero-order chi connectivity index (χ0) is 43.0. The molecule has 0 nitrogen and oxygen atoms in total. The first-order chi connectivity index (χ1) is 27.8. The molecule has 0 unspecified atom stereocenters. The van der Waals surface area contributed by atoms with Crippen LogP contribution in [0.2, 0.25) is 0 Å². The summed E-state index contributed by atoms with van der Waals surface area (Å²) in [7, 11) is 0. The van der Waals surface area contributed by atoms with Gasteiger partial charge in [-0.3, -0.25) is 0 Å². The highest BCUT2D eigenvalue weighted by molar-refractivity contribution is 6.23. The molecule has 0 spiro atoms. The molecule has 0 heteroatoms. The van der Waals surface area contributed by atoms with Crippen molar-refractivity contribution in [3.63, 3.8) is 0 Å². The van der Waals surface area contributed by atoms with Gasteiger partial charge in [-0.25, -0.2) is 0 Å². The van der Waals surface area contributed by atoms with Gasteiger partial charge in [-0.1, -0.05) is 151 Å². The molecule has 0 amide bonds. The maximum Gasteiger partial charge on any atom is 0.0636 e. The topological polar surface area (TPSA) is 0 Å². The van der Waals surface area contributed by atoms with Gasteiger partial charge in [-0.15, -0.1) is 0 Å². The normalized spacial score (nSPS) is 17.7. The van der Waals surface area contributed by atoms with Crippen LogP contribution in [-0.2, 0) is 0 Å². The third kappa shape index (κ3) is 3.91. The first-order valence-electron chi connectivity index (χ1n) is 21.8. The summed E-state index contributed by atoms with van der Waals surface area (Å²) in [4.78, 5) is 0. The Bertz CT molecular complexity index is 3150.